The van der Waals surface area contributed by atoms with E-state index in [1.807, 2.05) is 0 Å². The number of unbranched alkanes of at least 4 members (excludes halogenated alkanes) is 9. The Morgan fingerprint density at radius 1 is 1.08 bits per heavy atom. The van der Waals surface area contributed by atoms with Crippen LogP contribution >= 0.6 is 7.60 Å². The highest BCUT2D eigenvalue weighted by molar-refractivity contribution is 7.53. The second kappa shape index (κ2) is 14.4. The summed E-state index contributed by atoms with van der Waals surface area (Å²) in [6, 6.07) is 0. The average Bonchev–Trinajstić information content (AvgIpc) is 2.96. The molecule has 152 valence electrons. The summed E-state index contributed by atoms with van der Waals surface area (Å²) in [4.78, 5) is 20.9. The summed E-state index contributed by atoms with van der Waals surface area (Å²) in [5.41, 5.74) is 0. The van der Waals surface area contributed by atoms with Gasteiger partial charge in [-0.05, 0) is 32.1 Å². The summed E-state index contributed by atoms with van der Waals surface area (Å²) < 4.78 is 21.2. The summed E-state index contributed by atoms with van der Waals surface area (Å²) in [5, 5.41) is 0. The van der Waals surface area contributed by atoms with Gasteiger partial charge in [-0.25, -0.2) is 0 Å². The van der Waals surface area contributed by atoms with Crippen molar-refractivity contribution in [3.8, 4) is 0 Å². The minimum Gasteiger partial charge on any atom is -0.465 e. The zero-order valence-electron chi connectivity index (χ0n) is 16.4. The lowest BCUT2D eigenvalue weighted by molar-refractivity contribution is -0.145. The standard InChI is InChI=1S/C20H37O5P/c1-2-3-4-5-6-7-8-9-10-11-12-13-14-15-20(21)24-16-19-17-25-26(22,23)18-19/h7-8,19H,2-6,9-18H2,1H3,(H,22,23)/b8-7+. The topological polar surface area (TPSA) is 72.8 Å². The van der Waals surface area contributed by atoms with Crippen molar-refractivity contribution >= 4 is 13.6 Å². The van der Waals surface area contributed by atoms with Crippen LogP contribution in [0, 0.1) is 5.92 Å². The van der Waals surface area contributed by atoms with Crippen LogP contribution in [0.25, 0.3) is 0 Å². The smallest absolute Gasteiger partial charge is 0.328 e. The Balaban J connectivity index is 1.84. The lowest BCUT2D eigenvalue weighted by atomic mass is 10.1. The predicted molar refractivity (Wildman–Crippen MR) is 105 cm³/mol. The van der Waals surface area contributed by atoms with E-state index in [2.05, 4.69) is 19.1 Å². The molecule has 0 amide bonds. The number of hydrogen-bond acceptors (Lipinski definition) is 4. The molecule has 6 heteroatoms. The quantitative estimate of drug-likeness (QED) is 0.171. The molecule has 1 saturated heterocycles. The van der Waals surface area contributed by atoms with E-state index in [9.17, 15) is 14.3 Å². The minimum absolute atomic E-state index is 0.0907. The third-order valence-electron chi connectivity index (χ3n) is 4.62. The van der Waals surface area contributed by atoms with Gasteiger partial charge in [-0.15, -0.1) is 0 Å². The Kier molecular flexibility index (Phi) is 13.0. The van der Waals surface area contributed by atoms with Crippen LogP contribution in [0.4, 0.5) is 0 Å². The molecule has 0 aromatic rings. The average molecular weight is 388 g/mol. The summed E-state index contributed by atoms with van der Waals surface area (Å²) >= 11 is 0. The predicted octanol–water partition coefficient (Wildman–Crippen LogP) is 5.62. The number of ether oxygens (including phenoxy) is 1. The van der Waals surface area contributed by atoms with Crippen LogP contribution in [-0.2, 0) is 18.6 Å². The SMILES string of the molecule is CCCCCC/C=C/CCCCCCCC(=O)OCC1COP(=O)(O)C1. The zero-order valence-corrected chi connectivity index (χ0v) is 17.3. The van der Waals surface area contributed by atoms with Gasteiger partial charge in [0.15, 0.2) is 0 Å². The van der Waals surface area contributed by atoms with Crippen molar-refractivity contribution in [2.24, 2.45) is 5.92 Å². The fraction of sp³-hybridized carbons (Fsp3) is 0.850. The van der Waals surface area contributed by atoms with Crippen molar-refractivity contribution in [1.29, 1.82) is 0 Å². The summed E-state index contributed by atoms with van der Waals surface area (Å²) in [6.07, 6.45) is 18.3. The number of esters is 1. The molecule has 2 atom stereocenters. The number of hydrogen-bond donors (Lipinski definition) is 1. The van der Waals surface area contributed by atoms with Crippen molar-refractivity contribution in [2.45, 2.75) is 84.0 Å². The van der Waals surface area contributed by atoms with Crippen LogP contribution in [0.2, 0.25) is 0 Å². The van der Waals surface area contributed by atoms with Crippen LogP contribution in [0.1, 0.15) is 84.0 Å². The number of carbonyl (C=O) groups is 1. The Hall–Kier alpha value is -0.640. The third-order valence-corrected chi connectivity index (χ3v) is 6.15. The van der Waals surface area contributed by atoms with Crippen molar-refractivity contribution in [3.63, 3.8) is 0 Å². The van der Waals surface area contributed by atoms with Gasteiger partial charge in [0.1, 0.15) is 0 Å². The van der Waals surface area contributed by atoms with Crippen LogP contribution in [0.5, 0.6) is 0 Å². The maximum atomic E-state index is 11.7. The van der Waals surface area contributed by atoms with Crippen LogP contribution < -0.4 is 0 Å². The largest absolute Gasteiger partial charge is 0.465 e. The second-order valence-corrected chi connectivity index (χ2v) is 9.19. The Morgan fingerprint density at radius 2 is 1.69 bits per heavy atom. The van der Waals surface area contributed by atoms with E-state index in [1.54, 1.807) is 0 Å². The molecule has 0 aromatic carbocycles. The molecule has 0 radical (unpaired) electrons. The first-order chi connectivity index (χ1) is 12.5. The molecule has 1 fully saturated rings. The van der Waals surface area contributed by atoms with Gasteiger partial charge in [0.2, 0.25) is 0 Å². The van der Waals surface area contributed by atoms with Crippen molar-refractivity contribution < 1.29 is 23.5 Å². The molecule has 26 heavy (non-hydrogen) atoms. The fourth-order valence-electron chi connectivity index (χ4n) is 3.02. The highest BCUT2D eigenvalue weighted by Crippen LogP contribution is 2.49. The van der Waals surface area contributed by atoms with Crippen molar-refractivity contribution in [3.05, 3.63) is 12.2 Å². The van der Waals surface area contributed by atoms with Crippen LogP contribution in [0.15, 0.2) is 12.2 Å². The summed E-state index contributed by atoms with van der Waals surface area (Å²) in [6.45, 7) is 2.63. The summed E-state index contributed by atoms with van der Waals surface area (Å²) in [5.74, 6) is -0.356. The number of allylic oxidation sites excluding steroid dienone is 2. The van der Waals surface area contributed by atoms with Gasteiger partial charge in [-0.1, -0.05) is 57.6 Å². The molecule has 0 aromatic heterocycles. The molecule has 2 unspecified atom stereocenters. The van der Waals surface area contributed by atoms with E-state index in [0.29, 0.717) is 6.42 Å². The van der Waals surface area contributed by atoms with E-state index in [4.69, 9.17) is 9.26 Å². The molecule has 0 aliphatic carbocycles. The molecule has 0 bridgehead atoms. The molecule has 1 aliphatic rings. The third kappa shape index (κ3) is 12.7. The highest BCUT2D eigenvalue weighted by atomic mass is 31.2. The van der Waals surface area contributed by atoms with Crippen LogP contribution in [0.3, 0.4) is 0 Å². The van der Waals surface area contributed by atoms with Gasteiger partial charge < -0.3 is 14.2 Å². The maximum absolute atomic E-state index is 11.7. The van der Waals surface area contributed by atoms with E-state index >= 15 is 0 Å². The van der Waals surface area contributed by atoms with E-state index in [-0.39, 0.29) is 31.3 Å². The molecule has 1 rings (SSSR count). The maximum Gasteiger partial charge on any atom is 0.328 e. The Morgan fingerprint density at radius 3 is 2.31 bits per heavy atom. The van der Waals surface area contributed by atoms with Gasteiger partial charge in [0, 0.05) is 12.3 Å². The molecule has 1 heterocycles. The van der Waals surface area contributed by atoms with Crippen molar-refractivity contribution in [1.82, 2.24) is 0 Å². The van der Waals surface area contributed by atoms with E-state index < -0.39 is 7.60 Å². The first-order valence-corrected chi connectivity index (χ1v) is 12.1. The molecule has 0 saturated carbocycles. The van der Waals surface area contributed by atoms with Gasteiger partial charge in [-0.3, -0.25) is 9.36 Å². The second-order valence-electron chi connectivity index (χ2n) is 7.29. The molecule has 5 nitrogen and oxygen atoms in total. The van der Waals surface area contributed by atoms with E-state index in [0.717, 1.165) is 25.7 Å². The Bertz CT molecular complexity index is 449. The first-order valence-electron chi connectivity index (χ1n) is 10.3. The highest BCUT2D eigenvalue weighted by Gasteiger charge is 2.34. The number of rotatable bonds is 15. The molecule has 1 N–H and O–H groups in total. The van der Waals surface area contributed by atoms with E-state index in [1.165, 1.54) is 44.9 Å². The minimum atomic E-state index is -3.41. The number of carbonyl (C=O) groups excluding carboxylic acids is 1. The van der Waals surface area contributed by atoms with Crippen LogP contribution in [-0.4, -0.2) is 30.2 Å². The van der Waals surface area contributed by atoms with Gasteiger partial charge >= 0.3 is 13.6 Å². The molecular formula is C20H37O5P. The lowest BCUT2D eigenvalue weighted by Crippen LogP contribution is -2.16. The first kappa shape index (κ1) is 23.4. The molecular weight excluding hydrogens is 351 g/mol. The molecule has 0 spiro atoms. The normalized spacial score (nSPS) is 22.9. The van der Waals surface area contributed by atoms with Gasteiger partial charge in [0.25, 0.3) is 0 Å². The fourth-order valence-corrected chi connectivity index (χ4v) is 4.44. The van der Waals surface area contributed by atoms with Gasteiger partial charge in [-0.2, -0.15) is 0 Å². The zero-order chi connectivity index (χ0) is 19.1. The van der Waals surface area contributed by atoms with Gasteiger partial charge in [0.05, 0.1) is 19.4 Å². The van der Waals surface area contributed by atoms with Crippen molar-refractivity contribution in [2.75, 3.05) is 19.4 Å². The Labute approximate surface area is 159 Å². The summed E-state index contributed by atoms with van der Waals surface area (Å²) in [7, 11) is -3.41. The lowest BCUT2D eigenvalue weighted by Gasteiger charge is -2.08. The molecule has 1 aliphatic heterocycles. The monoisotopic (exact) mass is 388 g/mol.